The van der Waals surface area contributed by atoms with Crippen molar-refractivity contribution in [3.05, 3.63) is 21.6 Å². The molecule has 0 aliphatic carbocycles. The van der Waals surface area contributed by atoms with Gasteiger partial charge in [0.25, 0.3) is 5.56 Å². The maximum Gasteiger partial charge on any atom is 0.269 e. The Bertz CT molecular complexity index is 377. The molecule has 3 heteroatoms. The fourth-order valence-electron chi connectivity index (χ4n) is 1.64. The zero-order valence-electron chi connectivity index (χ0n) is 9.93. The van der Waals surface area contributed by atoms with E-state index in [4.69, 9.17) is 0 Å². The SMILES string of the molecule is Cc1c(C(C)(C)C)[nH]n(C(C)C)c1=O. The quantitative estimate of drug-likeness (QED) is 0.735. The van der Waals surface area contributed by atoms with Crippen LogP contribution in [0.1, 0.15) is 51.9 Å². The molecule has 0 saturated heterocycles. The highest BCUT2D eigenvalue weighted by Gasteiger charge is 2.22. The zero-order valence-corrected chi connectivity index (χ0v) is 9.93. The lowest BCUT2D eigenvalue weighted by molar-refractivity contribution is 0.486. The summed E-state index contributed by atoms with van der Waals surface area (Å²) < 4.78 is 1.69. The van der Waals surface area contributed by atoms with Crippen LogP contribution in [-0.2, 0) is 5.41 Å². The van der Waals surface area contributed by atoms with E-state index >= 15 is 0 Å². The Hall–Kier alpha value is -0.990. The minimum atomic E-state index is 0.00336. The van der Waals surface area contributed by atoms with Crippen LogP contribution in [0.15, 0.2) is 4.79 Å². The molecule has 0 spiro atoms. The van der Waals surface area contributed by atoms with Gasteiger partial charge in [-0.15, -0.1) is 0 Å². The van der Waals surface area contributed by atoms with Crippen molar-refractivity contribution in [2.24, 2.45) is 0 Å². The minimum Gasteiger partial charge on any atom is -0.299 e. The summed E-state index contributed by atoms with van der Waals surface area (Å²) in [6.07, 6.45) is 0. The van der Waals surface area contributed by atoms with Gasteiger partial charge in [0, 0.05) is 22.7 Å². The predicted octanol–water partition coefficient (Wildman–Crippen LogP) is 2.36. The van der Waals surface area contributed by atoms with E-state index in [1.54, 1.807) is 4.68 Å². The topological polar surface area (TPSA) is 37.8 Å². The van der Waals surface area contributed by atoms with Crippen LogP contribution in [0, 0.1) is 6.92 Å². The van der Waals surface area contributed by atoms with Gasteiger partial charge in [-0.25, -0.2) is 0 Å². The van der Waals surface area contributed by atoms with Gasteiger partial charge in [-0.3, -0.25) is 14.6 Å². The summed E-state index contributed by atoms with van der Waals surface area (Å²) >= 11 is 0. The average Bonchev–Trinajstić information content (AvgIpc) is 2.28. The minimum absolute atomic E-state index is 0.00336. The number of aromatic amines is 1. The molecule has 3 nitrogen and oxygen atoms in total. The largest absolute Gasteiger partial charge is 0.299 e. The van der Waals surface area contributed by atoms with Gasteiger partial charge in [-0.05, 0) is 20.8 Å². The molecule has 0 unspecified atom stereocenters. The molecule has 0 saturated carbocycles. The highest BCUT2D eigenvalue weighted by Crippen LogP contribution is 2.22. The summed E-state index contributed by atoms with van der Waals surface area (Å²) in [5.41, 5.74) is 1.98. The van der Waals surface area contributed by atoms with Gasteiger partial charge in [0.1, 0.15) is 0 Å². The van der Waals surface area contributed by atoms with Crippen LogP contribution in [0.25, 0.3) is 0 Å². The van der Waals surface area contributed by atoms with Gasteiger partial charge in [0.05, 0.1) is 0 Å². The summed E-state index contributed by atoms with van der Waals surface area (Å²) in [7, 11) is 0. The third kappa shape index (κ3) is 1.76. The lowest BCUT2D eigenvalue weighted by Crippen LogP contribution is -2.19. The molecular weight excluding hydrogens is 176 g/mol. The van der Waals surface area contributed by atoms with Crippen molar-refractivity contribution < 1.29 is 0 Å². The lowest BCUT2D eigenvalue weighted by Gasteiger charge is -2.17. The van der Waals surface area contributed by atoms with Gasteiger partial charge in [0.15, 0.2) is 0 Å². The van der Waals surface area contributed by atoms with Crippen LogP contribution >= 0.6 is 0 Å². The second-order valence-corrected chi connectivity index (χ2v) is 5.13. The monoisotopic (exact) mass is 196 g/mol. The standard InChI is InChI=1S/C11H20N2O/c1-7(2)13-10(14)8(3)9(12-13)11(4,5)6/h7,12H,1-6H3. The molecule has 0 fully saturated rings. The van der Waals surface area contributed by atoms with Crippen molar-refractivity contribution in [3.8, 4) is 0 Å². The van der Waals surface area contributed by atoms with Crippen molar-refractivity contribution in [1.82, 2.24) is 9.78 Å². The number of hydrogen-bond donors (Lipinski definition) is 1. The van der Waals surface area contributed by atoms with Crippen LogP contribution in [0.3, 0.4) is 0 Å². The Morgan fingerprint density at radius 2 is 1.79 bits per heavy atom. The Labute approximate surface area is 85.1 Å². The van der Waals surface area contributed by atoms with E-state index in [1.807, 2.05) is 20.8 Å². The van der Waals surface area contributed by atoms with Crippen molar-refractivity contribution in [2.45, 2.75) is 53.0 Å². The molecule has 0 bridgehead atoms. The highest BCUT2D eigenvalue weighted by atomic mass is 16.1. The summed E-state index contributed by atoms with van der Waals surface area (Å²) in [4.78, 5) is 11.8. The van der Waals surface area contributed by atoms with Crippen LogP contribution in [0.5, 0.6) is 0 Å². The zero-order chi connectivity index (χ0) is 11.1. The van der Waals surface area contributed by atoms with E-state index in [2.05, 4.69) is 25.9 Å². The molecule has 0 aliphatic rings. The number of nitrogens with zero attached hydrogens (tertiary/aromatic N) is 1. The summed E-state index contributed by atoms with van der Waals surface area (Å²) in [6, 6.07) is 0.192. The number of hydrogen-bond acceptors (Lipinski definition) is 1. The second-order valence-electron chi connectivity index (χ2n) is 5.13. The number of rotatable bonds is 1. The van der Waals surface area contributed by atoms with Gasteiger partial charge < -0.3 is 0 Å². The Morgan fingerprint density at radius 1 is 1.29 bits per heavy atom. The van der Waals surface area contributed by atoms with Gasteiger partial charge in [0.2, 0.25) is 0 Å². The molecule has 1 N–H and O–H groups in total. The molecule has 80 valence electrons. The van der Waals surface area contributed by atoms with Crippen LogP contribution in [0.2, 0.25) is 0 Å². The first-order valence-electron chi connectivity index (χ1n) is 5.06. The Balaban J connectivity index is 3.37. The van der Waals surface area contributed by atoms with Crippen molar-refractivity contribution in [1.29, 1.82) is 0 Å². The third-order valence-electron chi connectivity index (χ3n) is 2.41. The van der Waals surface area contributed by atoms with E-state index in [9.17, 15) is 4.79 Å². The van der Waals surface area contributed by atoms with Crippen molar-refractivity contribution in [2.75, 3.05) is 0 Å². The molecule has 1 heterocycles. The predicted molar refractivity (Wildman–Crippen MR) is 58.9 cm³/mol. The lowest BCUT2D eigenvalue weighted by atomic mass is 9.90. The summed E-state index contributed by atoms with van der Waals surface area (Å²) in [5, 5.41) is 3.19. The molecule has 0 aliphatic heterocycles. The number of aromatic nitrogens is 2. The van der Waals surface area contributed by atoms with E-state index in [0.29, 0.717) is 0 Å². The van der Waals surface area contributed by atoms with Crippen LogP contribution in [-0.4, -0.2) is 9.78 Å². The first kappa shape index (κ1) is 11.1. The smallest absolute Gasteiger partial charge is 0.269 e. The van der Waals surface area contributed by atoms with Gasteiger partial charge in [-0.1, -0.05) is 20.8 Å². The van der Waals surface area contributed by atoms with E-state index in [-0.39, 0.29) is 17.0 Å². The van der Waals surface area contributed by atoms with E-state index in [0.717, 1.165) is 11.3 Å². The van der Waals surface area contributed by atoms with Crippen LogP contribution in [0.4, 0.5) is 0 Å². The fraction of sp³-hybridized carbons (Fsp3) is 0.727. The molecule has 0 aromatic carbocycles. The van der Waals surface area contributed by atoms with Gasteiger partial charge >= 0.3 is 0 Å². The number of nitrogens with one attached hydrogen (secondary N) is 1. The molecule has 1 rings (SSSR count). The molecular formula is C11H20N2O. The van der Waals surface area contributed by atoms with E-state index in [1.165, 1.54) is 0 Å². The Morgan fingerprint density at radius 3 is 2.00 bits per heavy atom. The third-order valence-corrected chi connectivity index (χ3v) is 2.41. The molecule has 1 aromatic heterocycles. The molecule has 0 radical (unpaired) electrons. The first-order valence-corrected chi connectivity index (χ1v) is 5.06. The summed E-state index contributed by atoms with van der Waals surface area (Å²) in [5.74, 6) is 0. The maximum atomic E-state index is 11.8. The summed E-state index contributed by atoms with van der Waals surface area (Å²) in [6.45, 7) is 12.2. The first-order chi connectivity index (χ1) is 6.25. The molecule has 1 aromatic rings. The van der Waals surface area contributed by atoms with E-state index < -0.39 is 0 Å². The van der Waals surface area contributed by atoms with Gasteiger partial charge in [-0.2, -0.15) is 0 Å². The van der Waals surface area contributed by atoms with Crippen LogP contribution < -0.4 is 5.56 Å². The van der Waals surface area contributed by atoms with Crippen molar-refractivity contribution in [3.63, 3.8) is 0 Å². The maximum absolute atomic E-state index is 11.8. The second kappa shape index (κ2) is 3.30. The Kier molecular flexibility index (Phi) is 2.61. The molecule has 14 heavy (non-hydrogen) atoms. The number of H-pyrrole nitrogens is 1. The normalized spacial score (nSPS) is 12.5. The molecule has 0 atom stereocenters. The van der Waals surface area contributed by atoms with Crippen molar-refractivity contribution >= 4 is 0 Å². The average molecular weight is 196 g/mol. The fourth-order valence-corrected chi connectivity index (χ4v) is 1.64. The highest BCUT2D eigenvalue weighted by molar-refractivity contribution is 5.22. The molecule has 0 amide bonds.